The maximum absolute atomic E-state index is 11.6. The van der Waals surface area contributed by atoms with Gasteiger partial charge in [-0.2, -0.15) is 9.40 Å². The Bertz CT molecular complexity index is 348. The number of alkyl halides is 1. The molecule has 1 aromatic rings. The molecule has 0 spiro atoms. The molecule has 0 aliphatic heterocycles. The van der Waals surface area contributed by atoms with Gasteiger partial charge in [0.25, 0.3) is 0 Å². The summed E-state index contributed by atoms with van der Waals surface area (Å²) in [6.45, 7) is 0.287. The topological polar surface area (TPSA) is 66.1 Å². The Morgan fingerprint density at radius 3 is 2.85 bits per heavy atom. The molecule has 0 amide bonds. The number of halogens is 1. The number of rotatable bonds is 4. The number of aromatic nitrogens is 2. The molecule has 7 heteroatoms. The van der Waals surface area contributed by atoms with E-state index in [0.29, 0.717) is 0 Å². The Morgan fingerprint density at radius 2 is 2.38 bits per heavy atom. The summed E-state index contributed by atoms with van der Waals surface area (Å²) < 4.78 is 24.4. The van der Waals surface area contributed by atoms with Crippen molar-refractivity contribution in [2.75, 3.05) is 19.5 Å². The molecule has 0 fully saturated rings. The Labute approximate surface area is 81.7 Å². The molecule has 0 aliphatic carbocycles. The molecule has 1 aromatic heterocycles. The minimum absolute atomic E-state index is 0.153. The molecule has 0 saturated heterocycles. The van der Waals surface area contributed by atoms with Crippen LogP contribution in [0.5, 0.6) is 0 Å². The van der Waals surface area contributed by atoms with Crippen LogP contribution in [-0.2, 0) is 10.0 Å². The summed E-state index contributed by atoms with van der Waals surface area (Å²) in [5, 5.41) is 6.01. The molecule has 74 valence electrons. The smallest absolute Gasteiger partial charge is 0.245 e. The van der Waals surface area contributed by atoms with Crippen LogP contribution < -0.4 is 0 Å². The number of hydrogen-bond donors (Lipinski definition) is 1. The standard InChI is InChI=1S/C6H10ClN3O2S/c1-10(3-2-7)13(11,12)6-4-8-9-5-6/h4-5H,2-3H2,1H3,(H,8,9). The monoisotopic (exact) mass is 223 g/mol. The Morgan fingerprint density at radius 1 is 1.69 bits per heavy atom. The van der Waals surface area contributed by atoms with E-state index >= 15 is 0 Å². The van der Waals surface area contributed by atoms with Gasteiger partial charge in [0.15, 0.2) is 0 Å². The molecule has 1 heterocycles. The predicted octanol–water partition coefficient (Wildman–Crippen LogP) is 0.269. The van der Waals surface area contributed by atoms with Gasteiger partial charge in [0.05, 0.1) is 6.20 Å². The summed E-state index contributed by atoms with van der Waals surface area (Å²) in [7, 11) is -1.93. The maximum atomic E-state index is 11.6. The van der Waals surface area contributed by atoms with Gasteiger partial charge < -0.3 is 0 Å². The Hall–Kier alpha value is -0.590. The molecule has 0 aromatic carbocycles. The van der Waals surface area contributed by atoms with Crippen molar-refractivity contribution >= 4 is 21.6 Å². The van der Waals surface area contributed by atoms with Gasteiger partial charge in [-0.3, -0.25) is 5.10 Å². The number of nitrogens with zero attached hydrogens (tertiary/aromatic N) is 2. The third-order valence-electron chi connectivity index (χ3n) is 1.58. The van der Waals surface area contributed by atoms with E-state index in [1.165, 1.54) is 23.7 Å². The average molecular weight is 224 g/mol. The van der Waals surface area contributed by atoms with Crippen molar-refractivity contribution in [2.24, 2.45) is 0 Å². The first kappa shape index (κ1) is 10.5. The molecule has 1 rings (SSSR count). The van der Waals surface area contributed by atoms with E-state index in [1.54, 1.807) is 0 Å². The third kappa shape index (κ3) is 2.20. The second-order valence-corrected chi connectivity index (χ2v) is 4.87. The molecule has 0 aliphatic rings. The van der Waals surface area contributed by atoms with Crippen LogP contribution in [0.2, 0.25) is 0 Å². The Kier molecular flexibility index (Phi) is 3.29. The molecule has 0 atom stereocenters. The number of aromatic amines is 1. The lowest BCUT2D eigenvalue weighted by Gasteiger charge is -2.13. The summed E-state index contributed by atoms with van der Waals surface area (Å²) in [4.78, 5) is 0.153. The quantitative estimate of drug-likeness (QED) is 0.746. The molecule has 0 radical (unpaired) electrons. The Balaban J connectivity index is 2.90. The zero-order chi connectivity index (χ0) is 9.90. The van der Waals surface area contributed by atoms with E-state index in [2.05, 4.69) is 10.2 Å². The zero-order valence-corrected chi connectivity index (χ0v) is 8.64. The van der Waals surface area contributed by atoms with E-state index < -0.39 is 10.0 Å². The molecule has 5 nitrogen and oxygen atoms in total. The number of hydrogen-bond acceptors (Lipinski definition) is 3. The first-order valence-electron chi connectivity index (χ1n) is 3.60. The summed E-state index contributed by atoms with van der Waals surface area (Å²) in [6, 6.07) is 0. The van der Waals surface area contributed by atoms with E-state index in [9.17, 15) is 8.42 Å². The van der Waals surface area contributed by atoms with Crippen molar-refractivity contribution < 1.29 is 8.42 Å². The second-order valence-electron chi connectivity index (χ2n) is 2.45. The first-order valence-corrected chi connectivity index (χ1v) is 5.57. The van der Waals surface area contributed by atoms with Crippen LogP contribution in [0.25, 0.3) is 0 Å². The third-order valence-corrected chi connectivity index (χ3v) is 3.57. The van der Waals surface area contributed by atoms with E-state index in [-0.39, 0.29) is 17.3 Å². The molecule has 13 heavy (non-hydrogen) atoms. The maximum Gasteiger partial charge on any atom is 0.245 e. The normalized spacial score (nSPS) is 12.2. The van der Waals surface area contributed by atoms with Crippen molar-refractivity contribution in [1.29, 1.82) is 0 Å². The van der Waals surface area contributed by atoms with Crippen LogP contribution in [0.15, 0.2) is 17.3 Å². The van der Waals surface area contributed by atoms with Gasteiger partial charge in [0, 0.05) is 25.7 Å². The van der Waals surface area contributed by atoms with E-state index in [1.807, 2.05) is 0 Å². The highest BCUT2D eigenvalue weighted by atomic mass is 35.5. The SMILES string of the molecule is CN(CCCl)S(=O)(=O)c1cn[nH]c1. The van der Waals surface area contributed by atoms with Gasteiger partial charge >= 0.3 is 0 Å². The summed E-state index contributed by atoms with van der Waals surface area (Å²) in [6.07, 6.45) is 2.60. The van der Waals surface area contributed by atoms with Gasteiger partial charge in [0.2, 0.25) is 10.0 Å². The van der Waals surface area contributed by atoms with Crippen LogP contribution >= 0.6 is 11.6 Å². The average Bonchev–Trinajstić information content (AvgIpc) is 2.56. The predicted molar refractivity (Wildman–Crippen MR) is 49.1 cm³/mol. The van der Waals surface area contributed by atoms with Crippen molar-refractivity contribution in [3.63, 3.8) is 0 Å². The number of H-pyrrole nitrogens is 1. The van der Waals surface area contributed by atoms with Gasteiger partial charge in [-0.25, -0.2) is 8.42 Å². The van der Waals surface area contributed by atoms with Crippen LogP contribution in [0.1, 0.15) is 0 Å². The summed E-state index contributed by atoms with van der Waals surface area (Å²) in [5.41, 5.74) is 0. The lowest BCUT2D eigenvalue weighted by atomic mass is 10.7. The van der Waals surface area contributed by atoms with Crippen LogP contribution in [0.3, 0.4) is 0 Å². The fourth-order valence-electron chi connectivity index (χ4n) is 0.799. The van der Waals surface area contributed by atoms with Crippen LogP contribution in [0, 0.1) is 0 Å². The minimum atomic E-state index is -3.40. The highest BCUT2D eigenvalue weighted by Gasteiger charge is 2.20. The fraction of sp³-hybridized carbons (Fsp3) is 0.500. The molecule has 0 bridgehead atoms. The minimum Gasteiger partial charge on any atom is -0.284 e. The van der Waals surface area contributed by atoms with E-state index in [0.717, 1.165) is 0 Å². The molecule has 0 saturated carbocycles. The van der Waals surface area contributed by atoms with E-state index in [4.69, 9.17) is 11.6 Å². The van der Waals surface area contributed by atoms with Crippen LogP contribution in [0.4, 0.5) is 0 Å². The van der Waals surface area contributed by atoms with Crippen molar-refractivity contribution in [3.8, 4) is 0 Å². The lowest BCUT2D eigenvalue weighted by molar-refractivity contribution is 0.488. The van der Waals surface area contributed by atoms with Crippen LogP contribution in [-0.4, -0.2) is 42.4 Å². The van der Waals surface area contributed by atoms with Gasteiger partial charge in [-0.1, -0.05) is 0 Å². The number of nitrogens with one attached hydrogen (secondary N) is 1. The fourth-order valence-corrected chi connectivity index (χ4v) is 2.23. The second kappa shape index (κ2) is 4.08. The van der Waals surface area contributed by atoms with Gasteiger partial charge in [-0.15, -0.1) is 11.6 Å². The largest absolute Gasteiger partial charge is 0.284 e. The highest BCUT2D eigenvalue weighted by Crippen LogP contribution is 2.10. The highest BCUT2D eigenvalue weighted by molar-refractivity contribution is 7.89. The van der Waals surface area contributed by atoms with Crippen molar-refractivity contribution in [1.82, 2.24) is 14.5 Å². The molecular weight excluding hydrogens is 214 g/mol. The van der Waals surface area contributed by atoms with Crippen molar-refractivity contribution in [2.45, 2.75) is 4.90 Å². The molecular formula is C6H10ClN3O2S. The number of sulfonamides is 1. The van der Waals surface area contributed by atoms with Gasteiger partial charge in [0.1, 0.15) is 4.90 Å². The zero-order valence-electron chi connectivity index (χ0n) is 7.07. The summed E-state index contributed by atoms with van der Waals surface area (Å²) >= 11 is 5.43. The van der Waals surface area contributed by atoms with Gasteiger partial charge in [-0.05, 0) is 0 Å². The first-order chi connectivity index (χ1) is 6.09. The lowest BCUT2D eigenvalue weighted by Crippen LogP contribution is -2.28. The van der Waals surface area contributed by atoms with Crippen molar-refractivity contribution in [3.05, 3.63) is 12.4 Å². The molecule has 0 unspecified atom stereocenters. The summed E-state index contributed by atoms with van der Waals surface area (Å²) in [5.74, 6) is 0.271. The molecule has 1 N–H and O–H groups in total.